The standard InChI is InChI=1S/C17H18N2O5S/c1-11-9-12(7-8-15(11)23-3)25(21,22)18-13-5-4-6-14-17(13)24-10-16(20)19(14)2/h4-9,18H,10H2,1-3H3. The number of likely N-dealkylation sites (N-methyl/N-ethyl adjacent to an activating group) is 1. The van der Waals surface area contributed by atoms with Gasteiger partial charge < -0.3 is 14.4 Å². The molecule has 2 aromatic rings. The number of benzene rings is 2. The van der Waals surface area contributed by atoms with Crippen LogP contribution in [0, 0.1) is 6.92 Å². The van der Waals surface area contributed by atoms with E-state index >= 15 is 0 Å². The Morgan fingerprint density at radius 2 is 2.00 bits per heavy atom. The number of carbonyl (C=O) groups excluding carboxylic acids is 1. The average molecular weight is 362 g/mol. The number of hydrogen-bond donors (Lipinski definition) is 1. The molecule has 0 atom stereocenters. The average Bonchev–Trinajstić information content (AvgIpc) is 2.58. The number of nitrogens with one attached hydrogen (secondary N) is 1. The topological polar surface area (TPSA) is 84.9 Å². The van der Waals surface area contributed by atoms with Gasteiger partial charge in [-0.1, -0.05) is 6.07 Å². The zero-order chi connectivity index (χ0) is 18.2. The summed E-state index contributed by atoms with van der Waals surface area (Å²) in [5.41, 5.74) is 1.51. The molecule has 1 aliphatic heterocycles. The zero-order valence-corrected chi connectivity index (χ0v) is 14.9. The fourth-order valence-corrected chi connectivity index (χ4v) is 3.76. The van der Waals surface area contributed by atoms with Crippen LogP contribution in [0.2, 0.25) is 0 Å². The van der Waals surface area contributed by atoms with E-state index in [-0.39, 0.29) is 23.1 Å². The molecular weight excluding hydrogens is 344 g/mol. The van der Waals surface area contributed by atoms with Crippen molar-refractivity contribution in [2.75, 3.05) is 30.4 Å². The quantitative estimate of drug-likeness (QED) is 0.901. The van der Waals surface area contributed by atoms with Gasteiger partial charge in [0.05, 0.1) is 23.4 Å². The maximum atomic E-state index is 12.7. The van der Waals surface area contributed by atoms with Crippen LogP contribution >= 0.6 is 0 Å². The zero-order valence-electron chi connectivity index (χ0n) is 14.1. The lowest BCUT2D eigenvalue weighted by Crippen LogP contribution is -2.35. The van der Waals surface area contributed by atoms with Crippen LogP contribution in [0.3, 0.4) is 0 Å². The smallest absolute Gasteiger partial charge is 0.264 e. The van der Waals surface area contributed by atoms with Crippen molar-refractivity contribution in [3.63, 3.8) is 0 Å². The summed E-state index contributed by atoms with van der Waals surface area (Å²) in [5.74, 6) is 0.746. The Labute approximate surface area is 146 Å². The largest absolute Gasteiger partial charge is 0.496 e. The van der Waals surface area contributed by atoms with E-state index in [1.165, 1.54) is 24.1 Å². The molecule has 8 heteroatoms. The number of anilines is 2. The van der Waals surface area contributed by atoms with E-state index in [1.807, 2.05) is 0 Å². The lowest BCUT2D eigenvalue weighted by atomic mass is 10.2. The van der Waals surface area contributed by atoms with Crippen LogP contribution in [0.4, 0.5) is 11.4 Å². The summed E-state index contributed by atoms with van der Waals surface area (Å²) in [4.78, 5) is 13.3. The summed E-state index contributed by atoms with van der Waals surface area (Å²) in [6.07, 6.45) is 0. The monoisotopic (exact) mass is 362 g/mol. The van der Waals surface area contributed by atoms with E-state index in [0.29, 0.717) is 22.7 Å². The second-order valence-corrected chi connectivity index (χ2v) is 7.31. The van der Waals surface area contributed by atoms with Crippen LogP contribution in [-0.2, 0) is 14.8 Å². The summed E-state index contributed by atoms with van der Waals surface area (Å²) < 4.78 is 38.5. The molecular formula is C17H18N2O5S. The number of aryl methyl sites for hydroxylation is 1. The van der Waals surface area contributed by atoms with Gasteiger partial charge in [-0.2, -0.15) is 0 Å². The first kappa shape index (κ1) is 17.1. The highest BCUT2D eigenvalue weighted by atomic mass is 32.2. The number of amides is 1. The molecule has 0 saturated carbocycles. The number of fused-ring (bicyclic) bond motifs is 1. The van der Waals surface area contributed by atoms with Crippen molar-refractivity contribution in [3.05, 3.63) is 42.0 Å². The molecule has 1 heterocycles. The van der Waals surface area contributed by atoms with Crippen LogP contribution in [0.1, 0.15) is 5.56 Å². The van der Waals surface area contributed by atoms with E-state index in [0.717, 1.165) is 0 Å². The van der Waals surface area contributed by atoms with Crippen LogP contribution in [0.5, 0.6) is 11.5 Å². The van der Waals surface area contributed by atoms with Crippen molar-refractivity contribution in [1.82, 2.24) is 0 Å². The Bertz CT molecular complexity index is 940. The second-order valence-electron chi connectivity index (χ2n) is 5.63. The molecule has 0 aliphatic carbocycles. The van der Waals surface area contributed by atoms with E-state index in [4.69, 9.17) is 9.47 Å². The van der Waals surface area contributed by atoms with Crippen LogP contribution in [0.15, 0.2) is 41.3 Å². The van der Waals surface area contributed by atoms with Gasteiger partial charge in [-0.25, -0.2) is 8.42 Å². The van der Waals surface area contributed by atoms with E-state index in [9.17, 15) is 13.2 Å². The molecule has 132 valence electrons. The molecule has 0 saturated heterocycles. The first-order valence-corrected chi connectivity index (χ1v) is 9.01. The Morgan fingerprint density at radius 3 is 2.68 bits per heavy atom. The highest BCUT2D eigenvalue weighted by Crippen LogP contribution is 2.39. The maximum absolute atomic E-state index is 12.7. The number of rotatable bonds is 4. The highest BCUT2D eigenvalue weighted by Gasteiger charge is 2.26. The van der Waals surface area contributed by atoms with Gasteiger partial charge in [0.15, 0.2) is 12.4 Å². The van der Waals surface area contributed by atoms with Crippen molar-refractivity contribution in [2.45, 2.75) is 11.8 Å². The lowest BCUT2D eigenvalue weighted by Gasteiger charge is -2.27. The van der Waals surface area contributed by atoms with Gasteiger partial charge in [0.2, 0.25) is 0 Å². The van der Waals surface area contributed by atoms with Gasteiger partial charge in [-0.15, -0.1) is 0 Å². The summed E-state index contributed by atoms with van der Waals surface area (Å²) in [6.45, 7) is 1.63. The molecule has 0 fully saturated rings. The molecule has 7 nitrogen and oxygen atoms in total. The third-order valence-corrected chi connectivity index (χ3v) is 5.35. The number of carbonyl (C=O) groups is 1. The molecule has 3 rings (SSSR count). The maximum Gasteiger partial charge on any atom is 0.264 e. The number of sulfonamides is 1. The van der Waals surface area contributed by atoms with Crippen molar-refractivity contribution in [2.24, 2.45) is 0 Å². The number of nitrogens with zero attached hydrogens (tertiary/aromatic N) is 1. The van der Waals surface area contributed by atoms with Gasteiger partial charge in [0.1, 0.15) is 5.75 Å². The first-order valence-electron chi connectivity index (χ1n) is 7.53. The van der Waals surface area contributed by atoms with E-state index < -0.39 is 10.0 Å². The molecule has 0 bridgehead atoms. The first-order chi connectivity index (χ1) is 11.8. The van der Waals surface area contributed by atoms with E-state index in [1.54, 1.807) is 38.2 Å². The predicted molar refractivity (Wildman–Crippen MR) is 93.9 cm³/mol. The lowest BCUT2D eigenvalue weighted by molar-refractivity contribution is -0.120. The molecule has 1 N–H and O–H groups in total. The Morgan fingerprint density at radius 1 is 1.24 bits per heavy atom. The number of para-hydroxylation sites is 1. The van der Waals surface area contributed by atoms with Gasteiger partial charge >= 0.3 is 0 Å². The van der Waals surface area contributed by atoms with Crippen molar-refractivity contribution >= 4 is 27.3 Å². The fraction of sp³-hybridized carbons (Fsp3) is 0.235. The number of hydrogen-bond acceptors (Lipinski definition) is 5. The van der Waals surface area contributed by atoms with Crippen molar-refractivity contribution < 1.29 is 22.7 Å². The predicted octanol–water partition coefficient (Wildman–Crippen LogP) is 2.16. The Balaban J connectivity index is 1.97. The number of methoxy groups -OCH3 is 1. The van der Waals surface area contributed by atoms with Gasteiger partial charge in [0.25, 0.3) is 15.9 Å². The fourth-order valence-electron chi connectivity index (χ4n) is 2.61. The third kappa shape index (κ3) is 3.12. The molecule has 0 spiro atoms. The van der Waals surface area contributed by atoms with Crippen LogP contribution in [0.25, 0.3) is 0 Å². The second kappa shape index (κ2) is 6.29. The van der Waals surface area contributed by atoms with Gasteiger partial charge in [0, 0.05) is 7.05 Å². The molecule has 0 unspecified atom stereocenters. The molecule has 1 amide bonds. The van der Waals surface area contributed by atoms with Crippen molar-refractivity contribution in [1.29, 1.82) is 0 Å². The van der Waals surface area contributed by atoms with Gasteiger partial charge in [-0.3, -0.25) is 9.52 Å². The highest BCUT2D eigenvalue weighted by molar-refractivity contribution is 7.92. The Hall–Kier alpha value is -2.74. The summed E-state index contributed by atoms with van der Waals surface area (Å²) >= 11 is 0. The SMILES string of the molecule is COc1ccc(S(=O)(=O)Nc2cccc3c2OCC(=O)N3C)cc1C. The molecule has 1 aliphatic rings. The normalized spacial score (nSPS) is 13.9. The van der Waals surface area contributed by atoms with Crippen molar-refractivity contribution in [3.8, 4) is 11.5 Å². The van der Waals surface area contributed by atoms with Crippen LogP contribution < -0.4 is 19.1 Å². The van der Waals surface area contributed by atoms with E-state index in [2.05, 4.69) is 4.72 Å². The summed E-state index contributed by atoms with van der Waals surface area (Å²) in [6, 6.07) is 9.56. The Kier molecular flexibility index (Phi) is 4.30. The number of ether oxygens (including phenoxy) is 2. The summed E-state index contributed by atoms with van der Waals surface area (Å²) in [5, 5.41) is 0. The minimum absolute atomic E-state index is 0.114. The third-order valence-electron chi connectivity index (χ3n) is 3.99. The summed E-state index contributed by atoms with van der Waals surface area (Å²) in [7, 11) is -0.667. The molecule has 0 radical (unpaired) electrons. The molecule has 2 aromatic carbocycles. The van der Waals surface area contributed by atoms with Crippen LogP contribution in [-0.4, -0.2) is 35.1 Å². The van der Waals surface area contributed by atoms with Gasteiger partial charge in [-0.05, 0) is 42.8 Å². The minimum Gasteiger partial charge on any atom is -0.496 e. The minimum atomic E-state index is -3.81. The molecule has 25 heavy (non-hydrogen) atoms. The molecule has 0 aromatic heterocycles.